The molecule has 3 heteroatoms. The summed E-state index contributed by atoms with van der Waals surface area (Å²) >= 11 is 0. The maximum atomic E-state index is 5.45. The van der Waals surface area contributed by atoms with Gasteiger partial charge in [-0.1, -0.05) is 19.8 Å². The van der Waals surface area contributed by atoms with Gasteiger partial charge in [-0.3, -0.25) is 4.90 Å². The molecule has 0 spiro atoms. The summed E-state index contributed by atoms with van der Waals surface area (Å²) in [5.41, 5.74) is 0.438. The highest BCUT2D eigenvalue weighted by Gasteiger charge is 2.35. The van der Waals surface area contributed by atoms with Gasteiger partial charge in [-0.05, 0) is 50.4 Å². The van der Waals surface area contributed by atoms with Crippen LogP contribution in [-0.2, 0) is 6.54 Å². The number of furan rings is 1. The normalized spacial score (nSPS) is 27.9. The van der Waals surface area contributed by atoms with Crippen LogP contribution in [0.5, 0.6) is 0 Å². The Balaban J connectivity index is 1.95. The Morgan fingerprint density at radius 2 is 2.37 bits per heavy atom. The van der Waals surface area contributed by atoms with Crippen molar-refractivity contribution in [1.82, 2.24) is 10.2 Å². The molecule has 3 nitrogen and oxygen atoms in total. The van der Waals surface area contributed by atoms with Crippen LogP contribution in [0.4, 0.5) is 0 Å². The van der Waals surface area contributed by atoms with Crippen molar-refractivity contribution >= 4 is 0 Å². The summed E-state index contributed by atoms with van der Waals surface area (Å²) in [5, 5.41) is 3.41. The van der Waals surface area contributed by atoms with Gasteiger partial charge in [-0.15, -0.1) is 0 Å². The standard InChI is InChI=1S/C16H28N2O/c1-14-6-4-8-16(10-14,12-17-2)13-18(3)11-15-7-5-9-19-15/h5,7,9,14,17H,4,6,8,10-13H2,1-3H3. The summed E-state index contributed by atoms with van der Waals surface area (Å²) in [5.74, 6) is 1.92. The van der Waals surface area contributed by atoms with Crippen molar-refractivity contribution in [3.05, 3.63) is 24.2 Å². The SMILES string of the molecule is CNCC1(CN(C)Cc2ccco2)CCCC(C)C1. The fourth-order valence-corrected chi connectivity index (χ4v) is 3.80. The summed E-state index contributed by atoms with van der Waals surface area (Å²) in [6.45, 7) is 5.58. The molecule has 1 saturated carbocycles. The second-order valence-corrected chi connectivity index (χ2v) is 6.48. The lowest BCUT2D eigenvalue weighted by molar-refractivity contribution is 0.0880. The second-order valence-electron chi connectivity index (χ2n) is 6.48. The Bertz CT molecular complexity index is 359. The Hall–Kier alpha value is -0.800. The number of rotatable bonds is 6. The van der Waals surface area contributed by atoms with Crippen molar-refractivity contribution in [2.24, 2.45) is 11.3 Å². The number of hydrogen-bond donors (Lipinski definition) is 1. The van der Waals surface area contributed by atoms with Crippen LogP contribution in [0, 0.1) is 11.3 Å². The highest BCUT2D eigenvalue weighted by molar-refractivity contribution is 4.98. The second kappa shape index (κ2) is 6.58. The first kappa shape index (κ1) is 14.6. The topological polar surface area (TPSA) is 28.4 Å². The van der Waals surface area contributed by atoms with Gasteiger partial charge >= 0.3 is 0 Å². The first-order chi connectivity index (χ1) is 9.13. The van der Waals surface area contributed by atoms with E-state index in [1.807, 2.05) is 6.07 Å². The minimum Gasteiger partial charge on any atom is -0.468 e. The fourth-order valence-electron chi connectivity index (χ4n) is 3.80. The summed E-state index contributed by atoms with van der Waals surface area (Å²) in [6, 6.07) is 4.03. The minimum atomic E-state index is 0.438. The number of nitrogens with zero attached hydrogens (tertiary/aromatic N) is 1. The third kappa shape index (κ3) is 4.08. The van der Waals surface area contributed by atoms with Crippen LogP contribution in [0.2, 0.25) is 0 Å². The quantitative estimate of drug-likeness (QED) is 0.855. The van der Waals surface area contributed by atoms with Crippen LogP contribution >= 0.6 is 0 Å². The molecule has 1 aromatic heterocycles. The van der Waals surface area contributed by atoms with Crippen LogP contribution in [0.1, 0.15) is 38.4 Å². The maximum absolute atomic E-state index is 5.45. The van der Waals surface area contributed by atoms with Gasteiger partial charge in [0.05, 0.1) is 12.8 Å². The summed E-state index contributed by atoms with van der Waals surface area (Å²) < 4.78 is 5.45. The van der Waals surface area contributed by atoms with Gasteiger partial charge in [-0.25, -0.2) is 0 Å². The van der Waals surface area contributed by atoms with E-state index in [4.69, 9.17) is 4.42 Å². The molecule has 0 aliphatic heterocycles. The average Bonchev–Trinajstić information content (AvgIpc) is 2.81. The highest BCUT2D eigenvalue weighted by atomic mass is 16.3. The van der Waals surface area contributed by atoms with E-state index in [0.717, 1.165) is 31.3 Å². The Kier molecular flexibility index (Phi) is 5.06. The van der Waals surface area contributed by atoms with E-state index in [9.17, 15) is 0 Å². The molecule has 0 aromatic carbocycles. The molecule has 2 rings (SSSR count). The minimum absolute atomic E-state index is 0.438. The molecule has 0 bridgehead atoms. The molecule has 108 valence electrons. The average molecular weight is 264 g/mol. The van der Waals surface area contributed by atoms with E-state index in [1.54, 1.807) is 6.26 Å². The van der Waals surface area contributed by atoms with Gasteiger partial charge in [0.25, 0.3) is 0 Å². The molecule has 1 aliphatic rings. The van der Waals surface area contributed by atoms with Crippen LogP contribution in [0.15, 0.2) is 22.8 Å². The molecule has 1 heterocycles. The zero-order valence-corrected chi connectivity index (χ0v) is 12.6. The molecule has 1 fully saturated rings. The van der Waals surface area contributed by atoms with E-state index in [-0.39, 0.29) is 0 Å². The summed E-state index contributed by atoms with van der Waals surface area (Å²) in [4.78, 5) is 2.41. The van der Waals surface area contributed by atoms with E-state index in [0.29, 0.717) is 5.41 Å². The van der Waals surface area contributed by atoms with Crippen molar-refractivity contribution in [3.63, 3.8) is 0 Å². The molecule has 1 N–H and O–H groups in total. The Morgan fingerprint density at radius 3 is 3.00 bits per heavy atom. The van der Waals surface area contributed by atoms with E-state index >= 15 is 0 Å². The van der Waals surface area contributed by atoms with Crippen molar-refractivity contribution in [1.29, 1.82) is 0 Å². The summed E-state index contributed by atoms with van der Waals surface area (Å²) in [7, 11) is 4.28. The molecule has 0 radical (unpaired) electrons. The van der Waals surface area contributed by atoms with Crippen LogP contribution < -0.4 is 5.32 Å². The lowest BCUT2D eigenvalue weighted by Crippen LogP contribution is -2.44. The molecule has 0 saturated heterocycles. The highest BCUT2D eigenvalue weighted by Crippen LogP contribution is 2.39. The predicted molar refractivity (Wildman–Crippen MR) is 79.0 cm³/mol. The van der Waals surface area contributed by atoms with Crippen LogP contribution in [0.25, 0.3) is 0 Å². The van der Waals surface area contributed by atoms with Crippen LogP contribution in [0.3, 0.4) is 0 Å². The molecular formula is C16H28N2O. The Morgan fingerprint density at radius 1 is 1.53 bits per heavy atom. The first-order valence-corrected chi connectivity index (χ1v) is 7.49. The van der Waals surface area contributed by atoms with Gasteiger partial charge in [0.2, 0.25) is 0 Å². The van der Waals surface area contributed by atoms with Crippen molar-refractivity contribution in [3.8, 4) is 0 Å². The molecule has 1 aromatic rings. The third-order valence-corrected chi connectivity index (χ3v) is 4.35. The fraction of sp³-hybridized carbons (Fsp3) is 0.750. The molecule has 1 aliphatic carbocycles. The van der Waals surface area contributed by atoms with E-state index in [2.05, 4.69) is 37.3 Å². The Labute approximate surface area is 117 Å². The largest absolute Gasteiger partial charge is 0.468 e. The third-order valence-electron chi connectivity index (χ3n) is 4.35. The van der Waals surface area contributed by atoms with Crippen molar-refractivity contribution < 1.29 is 4.42 Å². The maximum Gasteiger partial charge on any atom is 0.117 e. The van der Waals surface area contributed by atoms with Gasteiger partial charge in [-0.2, -0.15) is 0 Å². The lowest BCUT2D eigenvalue weighted by Gasteiger charge is -2.42. The lowest BCUT2D eigenvalue weighted by atomic mass is 9.69. The monoisotopic (exact) mass is 264 g/mol. The van der Waals surface area contributed by atoms with Gasteiger partial charge < -0.3 is 9.73 Å². The number of hydrogen-bond acceptors (Lipinski definition) is 3. The van der Waals surface area contributed by atoms with Gasteiger partial charge in [0.1, 0.15) is 5.76 Å². The van der Waals surface area contributed by atoms with Gasteiger partial charge in [0.15, 0.2) is 0 Å². The molecule has 19 heavy (non-hydrogen) atoms. The van der Waals surface area contributed by atoms with Gasteiger partial charge in [0, 0.05) is 13.1 Å². The molecule has 2 atom stereocenters. The van der Waals surface area contributed by atoms with E-state index in [1.165, 1.54) is 25.7 Å². The molecule has 0 amide bonds. The zero-order valence-electron chi connectivity index (χ0n) is 12.6. The summed E-state index contributed by atoms with van der Waals surface area (Å²) in [6.07, 6.45) is 7.22. The van der Waals surface area contributed by atoms with Crippen molar-refractivity contribution in [2.45, 2.75) is 39.2 Å². The van der Waals surface area contributed by atoms with Crippen molar-refractivity contribution in [2.75, 3.05) is 27.2 Å². The smallest absolute Gasteiger partial charge is 0.117 e. The predicted octanol–water partition coefficient (Wildman–Crippen LogP) is 3.13. The first-order valence-electron chi connectivity index (χ1n) is 7.49. The van der Waals surface area contributed by atoms with Crippen LogP contribution in [-0.4, -0.2) is 32.1 Å². The molecule has 2 unspecified atom stereocenters. The molecular weight excluding hydrogens is 236 g/mol. The zero-order chi connectivity index (χ0) is 13.7. The van der Waals surface area contributed by atoms with E-state index < -0.39 is 0 Å². The number of nitrogens with one attached hydrogen (secondary N) is 1.